The largest absolute Gasteiger partial charge is 0.497 e. The van der Waals surface area contributed by atoms with Crippen LogP contribution < -0.4 is 25.1 Å². The first kappa shape index (κ1) is 33.8. The number of carbonyl (C=O) groups is 1. The van der Waals surface area contributed by atoms with Crippen molar-refractivity contribution in [2.75, 3.05) is 24.7 Å². The molecule has 0 bridgehead atoms. The van der Waals surface area contributed by atoms with Gasteiger partial charge < -0.3 is 15.2 Å². The van der Waals surface area contributed by atoms with Crippen LogP contribution in [0.3, 0.4) is 0 Å². The quantitative estimate of drug-likeness (QED) is 0.261. The first-order valence-corrected chi connectivity index (χ1v) is 14.4. The van der Waals surface area contributed by atoms with Crippen molar-refractivity contribution < 1.29 is 53.4 Å². The molecule has 0 aliphatic rings. The third kappa shape index (κ3) is 6.22. The molecule has 0 saturated carbocycles. The zero-order valence-corrected chi connectivity index (χ0v) is 24.8. The minimum absolute atomic E-state index is 0.224. The number of benzene rings is 2. The smallest absolute Gasteiger partial charge is 0.420 e. The van der Waals surface area contributed by atoms with Crippen molar-refractivity contribution in [2.24, 2.45) is 12.8 Å². The van der Waals surface area contributed by atoms with Crippen LogP contribution in [-0.2, 0) is 23.2 Å². The van der Waals surface area contributed by atoms with Crippen molar-refractivity contribution in [3.05, 3.63) is 75.6 Å². The van der Waals surface area contributed by atoms with E-state index in [2.05, 4.69) is 9.72 Å². The molecule has 0 radical (unpaired) electrons. The zero-order chi connectivity index (χ0) is 34.5. The Labute approximate surface area is 255 Å². The number of primary amides is 1. The number of halogens is 7. The fraction of sp³-hybridized carbons (Fsp3) is 0.222. The van der Waals surface area contributed by atoms with E-state index in [1.54, 1.807) is 0 Å². The van der Waals surface area contributed by atoms with Crippen molar-refractivity contribution in [1.29, 1.82) is 0 Å². The molecule has 0 aliphatic carbocycles. The van der Waals surface area contributed by atoms with Gasteiger partial charge in [-0.15, -0.1) is 0 Å². The number of rotatable bonds is 9. The standard InChI is InChI=1S/C27H22F7N5O6S/c1-37-22(21-17(28)10-13(44-3)11-18(21)29)20(15-9-12(45-26(30)31)5-6-14(15)23(35)40)25(41)39(37)24-16(27(32,33)34)7-8-19(36-24)38(2)46(4,42)43/h5-11,26H,1-4H3,(H2,35,40). The van der Waals surface area contributed by atoms with Crippen molar-refractivity contribution in [2.45, 2.75) is 12.8 Å². The fourth-order valence-electron chi connectivity index (χ4n) is 4.55. The molecule has 2 N–H and O–H groups in total. The molecular formula is C27H22F7N5O6S. The second-order valence-corrected chi connectivity index (χ2v) is 11.6. The Bertz CT molecular complexity index is 2000. The van der Waals surface area contributed by atoms with Crippen molar-refractivity contribution >= 4 is 21.7 Å². The van der Waals surface area contributed by atoms with Gasteiger partial charge in [0.2, 0.25) is 15.9 Å². The summed E-state index contributed by atoms with van der Waals surface area (Å²) in [4.78, 5) is 30.4. The third-order valence-electron chi connectivity index (χ3n) is 6.69. The Kier molecular flexibility index (Phi) is 8.84. The number of nitrogens with two attached hydrogens (primary N) is 1. The van der Waals surface area contributed by atoms with Crippen LogP contribution in [0.15, 0.2) is 47.3 Å². The number of pyridine rings is 1. The number of nitrogens with zero attached hydrogens (tertiary/aromatic N) is 4. The zero-order valence-electron chi connectivity index (χ0n) is 24.0. The van der Waals surface area contributed by atoms with Gasteiger partial charge >= 0.3 is 12.8 Å². The van der Waals surface area contributed by atoms with E-state index in [0.29, 0.717) is 39.3 Å². The highest BCUT2D eigenvalue weighted by Gasteiger charge is 2.38. The lowest BCUT2D eigenvalue weighted by molar-refractivity contribution is -0.137. The van der Waals surface area contributed by atoms with Crippen LogP contribution in [0.5, 0.6) is 11.5 Å². The number of amides is 1. The molecule has 2 aromatic carbocycles. The molecule has 0 atom stereocenters. The van der Waals surface area contributed by atoms with Crippen LogP contribution in [0.1, 0.15) is 15.9 Å². The van der Waals surface area contributed by atoms with Crippen molar-refractivity contribution in [3.8, 4) is 39.7 Å². The number of methoxy groups -OCH3 is 1. The summed E-state index contributed by atoms with van der Waals surface area (Å²) in [5.41, 5.74) is -1.54. The molecule has 246 valence electrons. The van der Waals surface area contributed by atoms with E-state index in [4.69, 9.17) is 10.5 Å². The summed E-state index contributed by atoms with van der Waals surface area (Å²) in [6, 6.07) is 4.97. The Morgan fingerprint density at radius 1 is 1.02 bits per heavy atom. The number of ether oxygens (including phenoxy) is 2. The number of anilines is 1. The van der Waals surface area contributed by atoms with E-state index in [1.165, 1.54) is 0 Å². The summed E-state index contributed by atoms with van der Waals surface area (Å²) in [5.74, 6) is -6.85. The van der Waals surface area contributed by atoms with E-state index in [0.717, 1.165) is 39.6 Å². The average molecular weight is 678 g/mol. The predicted octanol–water partition coefficient (Wildman–Crippen LogP) is 4.31. The topological polar surface area (TPSA) is 139 Å². The molecule has 0 saturated heterocycles. The van der Waals surface area contributed by atoms with Crippen LogP contribution in [0.25, 0.3) is 28.2 Å². The summed E-state index contributed by atoms with van der Waals surface area (Å²) in [7, 11) is -1.13. The summed E-state index contributed by atoms with van der Waals surface area (Å²) in [6.45, 7) is -3.41. The fourth-order valence-corrected chi connectivity index (χ4v) is 5.00. The normalized spacial score (nSPS) is 12.0. The number of sulfonamides is 1. The first-order valence-electron chi connectivity index (χ1n) is 12.5. The van der Waals surface area contributed by atoms with Crippen LogP contribution in [0.4, 0.5) is 36.6 Å². The van der Waals surface area contributed by atoms with Gasteiger partial charge in [0.25, 0.3) is 5.56 Å². The first-order chi connectivity index (χ1) is 21.3. The number of alkyl halides is 5. The SMILES string of the molecule is COc1cc(F)c(-c2c(-c3cc(OC(F)F)ccc3C(N)=O)c(=O)n(-c3nc(N(C)S(C)(=O)=O)ccc3C(F)(F)F)n2C)c(F)c1. The lowest BCUT2D eigenvalue weighted by atomic mass is 9.95. The monoisotopic (exact) mass is 677 g/mol. The Balaban J connectivity index is 2.26. The van der Waals surface area contributed by atoms with Gasteiger partial charge in [-0.3, -0.25) is 18.6 Å². The molecule has 46 heavy (non-hydrogen) atoms. The van der Waals surface area contributed by atoms with Gasteiger partial charge in [0.05, 0.1) is 30.2 Å². The Morgan fingerprint density at radius 2 is 1.63 bits per heavy atom. The summed E-state index contributed by atoms with van der Waals surface area (Å²) in [6.07, 6.45) is -4.50. The molecule has 2 aromatic heterocycles. The molecular weight excluding hydrogens is 655 g/mol. The molecule has 0 unspecified atom stereocenters. The van der Waals surface area contributed by atoms with Crippen LogP contribution >= 0.6 is 0 Å². The van der Waals surface area contributed by atoms with Crippen molar-refractivity contribution in [1.82, 2.24) is 14.3 Å². The Morgan fingerprint density at radius 3 is 2.13 bits per heavy atom. The molecule has 4 rings (SSSR count). The molecule has 0 aliphatic heterocycles. The van der Waals surface area contributed by atoms with E-state index in [1.807, 2.05) is 0 Å². The number of carbonyl (C=O) groups excluding carboxylic acids is 1. The van der Waals surface area contributed by atoms with Crippen LogP contribution in [-0.4, -0.2) is 55.7 Å². The van der Waals surface area contributed by atoms with Crippen molar-refractivity contribution in [3.63, 3.8) is 0 Å². The maximum atomic E-state index is 15.6. The van der Waals surface area contributed by atoms with E-state index < -0.39 is 96.8 Å². The molecule has 0 fully saturated rings. The molecule has 4 aromatic rings. The maximum Gasteiger partial charge on any atom is 0.420 e. The number of hydrogen-bond donors (Lipinski definition) is 1. The number of aromatic nitrogens is 3. The van der Waals surface area contributed by atoms with Gasteiger partial charge in [-0.2, -0.15) is 26.6 Å². The van der Waals surface area contributed by atoms with E-state index in [9.17, 15) is 40.0 Å². The lowest BCUT2D eigenvalue weighted by Crippen LogP contribution is -2.29. The van der Waals surface area contributed by atoms with E-state index in [-0.39, 0.29) is 10.4 Å². The minimum atomic E-state index is -5.23. The van der Waals surface area contributed by atoms with Gasteiger partial charge in [-0.25, -0.2) is 22.2 Å². The molecule has 19 heteroatoms. The molecule has 0 spiro atoms. The molecule has 11 nitrogen and oxygen atoms in total. The molecule has 1 amide bonds. The lowest BCUT2D eigenvalue weighted by Gasteiger charge is -2.20. The summed E-state index contributed by atoms with van der Waals surface area (Å²) >= 11 is 0. The van der Waals surface area contributed by atoms with E-state index >= 15 is 8.78 Å². The molecule has 2 heterocycles. The van der Waals surface area contributed by atoms with Gasteiger partial charge in [0.15, 0.2) is 5.82 Å². The van der Waals surface area contributed by atoms with Crippen LogP contribution in [0.2, 0.25) is 0 Å². The van der Waals surface area contributed by atoms with Gasteiger partial charge in [-0.05, 0) is 30.3 Å². The summed E-state index contributed by atoms with van der Waals surface area (Å²) in [5, 5.41) is 0. The predicted molar refractivity (Wildman–Crippen MR) is 150 cm³/mol. The second kappa shape index (κ2) is 12.0. The number of hydrogen-bond acceptors (Lipinski definition) is 7. The second-order valence-electron chi connectivity index (χ2n) is 9.55. The van der Waals surface area contributed by atoms with Gasteiger partial charge in [0, 0.05) is 37.4 Å². The van der Waals surface area contributed by atoms with Gasteiger partial charge in [0.1, 0.15) is 34.5 Å². The highest BCUT2D eigenvalue weighted by Crippen LogP contribution is 2.40. The van der Waals surface area contributed by atoms with Crippen LogP contribution in [0, 0.1) is 11.6 Å². The average Bonchev–Trinajstić information content (AvgIpc) is 3.19. The maximum absolute atomic E-state index is 15.6. The summed E-state index contributed by atoms with van der Waals surface area (Å²) < 4.78 is 135. The third-order valence-corrected chi connectivity index (χ3v) is 7.87. The minimum Gasteiger partial charge on any atom is -0.497 e. The highest BCUT2D eigenvalue weighted by atomic mass is 32.2. The van der Waals surface area contributed by atoms with Gasteiger partial charge in [-0.1, -0.05) is 0 Å². The Hall–Kier alpha value is -5.07. The highest BCUT2D eigenvalue weighted by molar-refractivity contribution is 7.92.